The van der Waals surface area contributed by atoms with Crippen LogP contribution in [-0.4, -0.2) is 38.3 Å². The lowest BCUT2D eigenvalue weighted by Gasteiger charge is -2.06. The van der Waals surface area contributed by atoms with Crippen molar-refractivity contribution < 1.29 is 9.59 Å². The molecule has 0 bridgehead atoms. The Bertz CT molecular complexity index is 1220. The average molecular weight is 394 g/mol. The van der Waals surface area contributed by atoms with E-state index in [1.807, 2.05) is 24.3 Å². The monoisotopic (exact) mass is 394 g/mol. The van der Waals surface area contributed by atoms with Crippen LogP contribution < -0.4 is 16.2 Å². The molecule has 4 rings (SSSR count). The Balaban J connectivity index is 1.36. The summed E-state index contributed by atoms with van der Waals surface area (Å²) in [7, 11) is 0. The van der Waals surface area contributed by atoms with Crippen LogP contribution in [-0.2, 0) is 16.1 Å². The van der Waals surface area contributed by atoms with Gasteiger partial charge in [-0.05, 0) is 24.3 Å². The second-order valence-corrected chi connectivity index (χ2v) is 6.91. The van der Waals surface area contributed by atoms with Gasteiger partial charge in [0.05, 0.1) is 22.1 Å². The average Bonchev–Trinajstić information content (AvgIpc) is 3.11. The highest BCUT2D eigenvalue weighted by Gasteiger charge is 2.12. The first kappa shape index (κ1) is 17.7. The minimum absolute atomic E-state index is 0.246. The fraction of sp³-hybridized carbons (Fsp3) is 0.111. The Labute approximate surface area is 162 Å². The van der Waals surface area contributed by atoms with Crippen molar-refractivity contribution in [2.24, 2.45) is 0 Å². The fourth-order valence-corrected chi connectivity index (χ4v) is 3.47. The van der Waals surface area contributed by atoms with Crippen LogP contribution >= 0.6 is 11.3 Å². The van der Waals surface area contributed by atoms with Gasteiger partial charge in [-0.15, -0.1) is 5.10 Å². The molecule has 0 aliphatic heterocycles. The van der Waals surface area contributed by atoms with Crippen molar-refractivity contribution in [3.63, 3.8) is 0 Å². The molecule has 9 nitrogen and oxygen atoms in total. The van der Waals surface area contributed by atoms with Crippen LogP contribution in [0, 0.1) is 0 Å². The van der Waals surface area contributed by atoms with Crippen molar-refractivity contribution in [1.82, 2.24) is 25.3 Å². The van der Waals surface area contributed by atoms with Crippen LogP contribution in [0.1, 0.15) is 0 Å². The maximum Gasteiger partial charge on any atom is 0.278 e. The molecule has 0 saturated heterocycles. The Hall–Kier alpha value is -3.66. The summed E-state index contributed by atoms with van der Waals surface area (Å²) in [6.07, 6.45) is 0. The van der Waals surface area contributed by atoms with Crippen molar-refractivity contribution in [3.05, 3.63) is 58.9 Å². The van der Waals surface area contributed by atoms with E-state index in [0.717, 1.165) is 14.9 Å². The van der Waals surface area contributed by atoms with E-state index in [1.165, 1.54) is 11.3 Å². The molecule has 2 heterocycles. The van der Waals surface area contributed by atoms with E-state index in [-0.39, 0.29) is 13.1 Å². The van der Waals surface area contributed by atoms with Crippen molar-refractivity contribution in [1.29, 1.82) is 0 Å². The SMILES string of the molecule is O=C(Cn1nnc2ccccc2c1=O)NCC(=O)Nc1nc2ccccc2s1. The first-order valence-electron chi connectivity index (χ1n) is 8.35. The predicted octanol–water partition coefficient (Wildman–Crippen LogP) is 1.16. The van der Waals surface area contributed by atoms with E-state index < -0.39 is 17.4 Å². The molecule has 0 aliphatic rings. The van der Waals surface area contributed by atoms with Crippen molar-refractivity contribution in [2.45, 2.75) is 6.54 Å². The third-order valence-corrected chi connectivity index (χ3v) is 4.86. The maximum atomic E-state index is 12.3. The van der Waals surface area contributed by atoms with Crippen LogP contribution in [0.5, 0.6) is 0 Å². The summed E-state index contributed by atoms with van der Waals surface area (Å²) in [5.41, 5.74) is 0.833. The third kappa shape index (κ3) is 3.71. The number of benzene rings is 2. The van der Waals surface area contributed by atoms with Gasteiger partial charge in [0, 0.05) is 0 Å². The molecule has 2 amide bonds. The highest BCUT2D eigenvalue weighted by Crippen LogP contribution is 2.25. The zero-order valence-electron chi connectivity index (χ0n) is 14.5. The summed E-state index contributed by atoms with van der Waals surface area (Å²) in [6, 6.07) is 14.3. The van der Waals surface area contributed by atoms with Gasteiger partial charge in [0.2, 0.25) is 11.8 Å². The number of nitrogens with zero attached hydrogens (tertiary/aromatic N) is 4. The minimum Gasteiger partial charge on any atom is -0.345 e. The second kappa shape index (κ2) is 7.53. The van der Waals surface area contributed by atoms with E-state index in [1.54, 1.807) is 24.3 Å². The highest BCUT2D eigenvalue weighted by atomic mass is 32.1. The molecule has 0 spiro atoms. The molecule has 2 aromatic heterocycles. The molecule has 0 atom stereocenters. The van der Waals surface area contributed by atoms with Gasteiger partial charge in [-0.2, -0.15) is 0 Å². The van der Waals surface area contributed by atoms with Crippen LogP contribution in [0.25, 0.3) is 21.1 Å². The predicted molar refractivity (Wildman–Crippen MR) is 105 cm³/mol. The summed E-state index contributed by atoms with van der Waals surface area (Å²) in [5, 5.41) is 13.6. The molecular weight excluding hydrogens is 380 g/mol. The van der Waals surface area contributed by atoms with Gasteiger partial charge in [-0.1, -0.05) is 40.8 Å². The Morgan fingerprint density at radius 3 is 2.57 bits per heavy atom. The van der Waals surface area contributed by atoms with Gasteiger partial charge in [0.15, 0.2) is 5.13 Å². The van der Waals surface area contributed by atoms with Crippen LogP contribution in [0.15, 0.2) is 53.3 Å². The molecule has 2 aromatic carbocycles. The Kier molecular flexibility index (Phi) is 4.77. The molecule has 0 saturated carbocycles. The molecule has 0 unspecified atom stereocenters. The topological polar surface area (TPSA) is 119 Å². The maximum absolute atomic E-state index is 12.3. The standard InChI is InChI=1S/C18H14N6O3S/c25-15(21-18-20-13-7-3-4-8-14(13)28-18)9-19-16(26)10-24-17(27)11-5-1-2-6-12(11)22-23-24/h1-8H,9-10H2,(H,19,26)(H,20,21,25). The van der Waals surface area contributed by atoms with Gasteiger partial charge < -0.3 is 10.6 Å². The van der Waals surface area contributed by atoms with Gasteiger partial charge in [-0.25, -0.2) is 9.67 Å². The van der Waals surface area contributed by atoms with Gasteiger partial charge in [-0.3, -0.25) is 14.4 Å². The van der Waals surface area contributed by atoms with E-state index in [9.17, 15) is 14.4 Å². The molecule has 0 aliphatic carbocycles. The van der Waals surface area contributed by atoms with Crippen LogP contribution in [0.4, 0.5) is 5.13 Å². The number of rotatable bonds is 5. The number of hydrogen-bond acceptors (Lipinski definition) is 7. The number of aromatic nitrogens is 4. The molecule has 4 aromatic rings. The first-order chi connectivity index (χ1) is 13.6. The van der Waals surface area contributed by atoms with Crippen LogP contribution in [0.3, 0.4) is 0 Å². The number of carbonyl (C=O) groups is 2. The third-order valence-electron chi connectivity index (χ3n) is 3.91. The molecule has 2 N–H and O–H groups in total. The van der Waals surface area contributed by atoms with Gasteiger partial charge in [0.1, 0.15) is 12.1 Å². The highest BCUT2D eigenvalue weighted by molar-refractivity contribution is 7.22. The number of amides is 2. The molecular formula is C18H14N6O3S. The summed E-state index contributed by atoms with van der Waals surface area (Å²) in [4.78, 5) is 40.7. The number of fused-ring (bicyclic) bond motifs is 2. The first-order valence-corrected chi connectivity index (χ1v) is 9.16. The normalized spacial score (nSPS) is 10.9. The number of thiazole rings is 1. The lowest BCUT2D eigenvalue weighted by Crippen LogP contribution is -2.38. The zero-order valence-corrected chi connectivity index (χ0v) is 15.3. The molecule has 0 fully saturated rings. The van der Waals surface area contributed by atoms with Crippen molar-refractivity contribution >= 4 is 49.4 Å². The van der Waals surface area contributed by atoms with E-state index in [4.69, 9.17) is 0 Å². The quantitative estimate of drug-likeness (QED) is 0.524. The van der Waals surface area contributed by atoms with E-state index in [2.05, 4.69) is 25.9 Å². The van der Waals surface area contributed by atoms with Crippen LogP contribution in [0.2, 0.25) is 0 Å². The second-order valence-electron chi connectivity index (χ2n) is 5.88. The molecule has 10 heteroatoms. The smallest absolute Gasteiger partial charge is 0.278 e. The number of anilines is 1. The van der Waals surface area contributed by atoms with Gasteiger partial charge >= 0.3 is 0 Å². The Morgan fingerprint density at radius 1 is 1.00 bits per heavy atom. The largest absolute Gasteiger partial charge is 0.345 e. The number of hydrogen-bond donors (Lipinski definition) is 2. The zero-order chi connectivity index (χ0) is 19.5. The summed E-state index contributed by atoms with van der Waals surface area (Å²) < 4.78 is 1.92. The van der Waals surface area contributed by atoms with Crippen molar-refractivity contribution in [2.75, 3.05) is 11.9 Å². The fourth-order valence-electron chi connectivity index (χ4n) is 2.59. The number of para-hydroxylation sites is 1. The van der Waals surface area contributed by atoms with E-state index >= 15 is 0 Å². The van der Waals surface area contributed by atoms with Gasteiger partial charge in [0.25, 0.3) is 5.56 Å². The number of carbonyl (C=O) groups excluding carboxylic acids is 2. The van der Waals surface area contributed by atoms with E-state index in [0.29, 0.717) is 16.0 Å². The number of nitrogens with one attached hydrogen (secondary N) is 2. The minimum atomic E-state index is -0.522. The lowest BCUT2D eigenvalue weighted by molar-refractivity contribution is -0.124. The summed E-state index contributed by atoms with van der Waals surface area (Å²) in [6.45, 7) is -0.574. The summed E-state index contributed by atoms with van der Waals surface area (Å²) in [5.74, 6) is -0.935. The molecule has 28 heavy (non-hydrogen) atoms. The summed E-state index contributed by atoms with van der Waals surface area (Å²) >= 11 is 1.35. The molecule has 140 valence electrons. The molecule has 0 radical (unpaired) electrons. The van der Waals surface area contributed by atoms with Crippen molar-refractivity contribution in [3.8, 4) is 0 Å². The lowest BCUT2D eigenvalue weighted by atomic mass is 10.2. The Morgan fingerprint density at radius 2 is 1.75 bits per heavy atom.